The molecular formula is C35H38N4O3S. The molecule has 6 rings (SSSR count). The summed E-state index contributed by atoms with van der Waals surface area (Å²) in [4.78, 5) is 33.9. The van der Waals surface area contributed by atoms with E-state index in [1.807, 2.05) is 79.4 Å². The highest BCUT2D eigenvalue weighted by Crippen LogP contribution is 2.36. The standard InChI is InChI=1S/C35H38N4O3S/c1-23-6-3-4-9-30(23)34(41)39-18-14-27-22-28(10-11-31(27)39)33-24(2)43-35(38-33)37-32(40)21-26-7-5-8-29(20-26)42-19-15-25-12-16-36-17-13-25/h3-11,20,22,25,36H,12-19,21H2,1-2H3,(H,37,38,40). The summed E-state index contributed by atoms with van der Waals surface area (Å²) in [6.07, 6.45) is 4.54. The van der Waals surface area contributed by atoms with Crippen molar-refractivity contribution in [2.24, 2.45) is 5.92 Å². The molecule has 0 bridgehead atoms. The van der Waals surface area contributed by atoms with Crippen molar-refractivity contribution < 1.29 is 14.3 Å². The maximum absolute atomic E-state index is 13.3. The molecule has 0 unspecified atom stereocenters. The van der Waals surface area contributed by atoms with Crippen LogP contribution in [-0.4, -0.2) is 43.0 Å². The molecule has 0 atom stereocenters. The summed E-state index contributed by atoms with van der Waals surface area (Å²) in [5.74, 6) is 1.46. The fourth-order valence-electron chi connectivity index (χ4n) is 6.04. The topological polar surface area (TPSA) is 83.6 Å². The van der Waals surface area contributed by atoms with Gasteiger partial charge in [0.25, 0.3) is 5.91 Å². The molecule has 1 fully saturated rings. The first-order chi connectivity index (χ1) is 20.9. The first kappa shape index (κ1) is 29.1. The van der Waals surface area contributed by atoms with Crippen LogP contribution in [0.1, 0.15) is 51.2 Å². The van der Waals surface area contributed by atoms with Gasteiger partial charge in [-0.15, -0.1) is 11.3 Å². The average Bonchev–Trinajstić information content (AvgIpc) is 3.60. The van der Waals surface area contributed by atoms with Gasteiger partial charge >= 0.3 is 0 Å². The number of ether oxygens (including phenoxy) is 1. The number of carbonyl (C=O) groups is 2. The summed E-state index contributed by atoms with van der Waals surface area (Å²) < 4.78 is 6.01. The summed E-state index contributed by atoms with van der Waals surface area (Å²) in [5.41, 5.74) is 6.57. The molecule has 3 heterocycles. The molecule has 7 nitrogen and oxygen atoms in total. The van der Waals surface area contributed by atoms with Gasteiger partial charge in [-0.2, -0.15) is 0 Å². The Kier molecular flexibility index (Phi) is 8.86. The highest BCUT2D eigenvalue weighted by molar-refractivity contribution is 7.16. The number of hydrogen-bond acceptors (Lipinski definition) is 6. The SMILES string of the molecule is Cc1ccccc1C(=O)N1CCc2cc(-c3nc(NC(=O)Cc4cccc(OCCC5CCNCC5)c4)sc3C)ccc21. The molecule has 2 amide bonds. The Morgan fingerprint density at radius 1 is 1.05 bits per heavy atom. The molecule has 4 aromatic rings. The van der Waals surface area contributed by atoms with Crippen LogP contribution in [0.4, 0.5) is 10.8 Å². The van der Waals surface area contributed by atoms with Crippen molar-refractivity contribution in [2.45, 2.75) is 46.0 Å². The van der Waals surface area contributed by atoms with E-state index >= 15 is 0 Å². The van der Waals surface area contributed by atoms with Crippen LogP contribution in [0, 0.1) is 19.8 Å². The third-order valence-electron chi connectivity index (χ3n) is 8.43. The van der Waals surface area contributed by atoms with E-state index in [1.165, 1.54) is 24.2 Å². The second-order valence-corrected chi connectivity index (χ2v) is 12.7. The number of thiazole rings is 1. The van der Waals surface area contributed by atoms with Gasteiger partial charge in [0.15, 0.2) is 5.13 Å². The molecule has 2 aliphatic heterocycles. The molecule has 0 spiro atoms. The van der Waals surface area contributed by atoms with Gasteiger partial charge in [-0.3, -0.25) is 9.59 Å². The minimum absolute atomic E-state index is 0.0359. The van der Waals surface area contributed by atoms with E-state index < -0.39 is 0 Å². The van der Waals surface area contributed by atoms with Crippen LogP contribution in [-0.2, 0) is 17.6 Å². The monoisotopic (exact) mass is 594 g/mol. The van der Waals surface area contributed by atoms with Gasteiger partial charge in [0.2, 0.25) is 5.91 Å². The van der Waals surface area contributed by atoms with E-state index in [-0.39, 0.29) is 18.2 Å². The zero-order chi connectivity index (χ0) is 29.8. The fraction of sp³-hybridized carbons (Fsp3) is 0.343. The Balaban J connectivity index is 1.07. The fourth-order valence-corrected chi connectivity index (χ4v) is 6.90. The summed E-state index contributed by atoms with van der Waals surface area (Å²) in [6, 6.07) is 21.7. The Morgan fingerprint density at radius 3 is 2.72 bits per heavy atom. The minimum Gasteiger partial charge on any atom is -0.494 e. The van der Waals surface area contributed by atoms with E-state index in [4.69, 9.17) is 9.72 Å². The number of piperidine rings is 1. The molecule has 1 aromatic heterocycles. The van der Waals surface area contributed by atoms with Gasteiger partial charge in [0.1, 0.15) is 5.75 Å². The van der Waals surface area contributed by atoms with Crippen molar-refractivity contribution in [3.63, 3.8) is 0 Å². The highest BCUT2D eigenvalue weighted by Gasteiger charge is 2.27. The molecule has 0 aliphatic carbocycles. The molecule has 2 aliphatic rings. The maximum Gasteiger partial charge on any atom is 0.258 e. The molecule has 0 saturated carbocycles. The molecule has 222 valence electrons. The number of hydrogen-bond donors (Lipinski definition) is 2. The zero-order valence-corrected chi connectivity index (χ0v) is 25.6. The number of anilines is 2. The quantitative estimate of drug-likeness (QED) is 0.229. The van der Waals surface area contributed by atoms with Crippen molar-refractivity contribution in [3.05, 3.63) is 93.9 Å². The van der Waals surface area contributed by atoms with Crippen LogP contribution < -0.4 is 20.3 Å². The number of rotatable bonds is 9. The lowest BCUT2D eigenvalue weighted by Crippen LogP contribution is -2.29. The largest absolute Gasteiger partial charge is 0.494 e. The molecule has 1 saturated heterocycles. The van der Waals surface area contributed by atoms with E-state index in [9.17, 15) is 9.59 Å². The third kappa shape index (κ3) is 6.81. The van der Waals surface area contributed by atoms with Gasteiger partial charge in [-0.05, 0) is 106 Å². The number of benzene rings is 3. The maximum atomic E-state index is 13.3. The van der Waals surface area contributed by atoms with Gasteiger partial charge in [-0.1, -0.05) is 36.4 Å². The molecule has 3 aromatic carbocycles. The normalized spacial score (nSPS) is 14.9. The lowest BCUT2D eigenvalue weighted by Gasteiger charge is -2.22. The zero-order valence-electron chi connectivity index (χ0n) is 24.8. The Hall–Kier alpha value is -4.01. The number of aryl methyl sites for hydroxylation is 2. The third-order valence-corrected chi connectivity index (χ3v) is 9.31. The second-order valence-electron chi connectivity index (χ2n) is 11.5. The molecule has 8 heteroatoms. The first-order valence-corrected chi connectivity index (χ1v) is 16.0. The van der Waals surface area contributed by atoms with Crippen LogP contribution in [0.15, 0.2) is 66.7 Å². The van der Waals surface area contributed by atoms with E-state index in [0.717, 1.165) is 81.7 Å². The number of carbonyl (C=O) groups excluding carboxylic acids is 2. The molecule has 43 heavy (non-hydrogen) atoms. The Labute approximate surface area is 257 Å². The molecule has 2 N–H and O–H groups in total. The van der Waals surface area contributed by atoms with E-state index in [2.05, 4.69) is 16.7 Å². The van der Waals surface area contributed by atoms with Crippen LogP contribution in [0.2, 0.25) is 0 Å². The Morgan fingerprint density at radius 2 is 1.88 bits per heavy atom. The van der Waals surface area contributed by atoms with Crippen LogP contribution in [0.5, 0.6) is 5.75 Å². The first-order valence-electron chi connectivity index (χ1n) is 15.1. The smallest absolute Gasteiger partial charge is 0.258 e. The Bertz CT molecular complexity index is 1630. The van der Waals surface area contributed by atoms with Crippen LogP contribution >= 0.6 is 11.3 Å². The predicted molar refractivity (Wildman–Crippen MR) is 173 cm³/mol. The number of amides is 2. The van der Waals surface area contributed by atoms with Crippen LogP contribution in [0.3, 0.4) is 0 Å². The second kappa shape index (κ2) is 13.1. The summed E-state index contributed by atoms with van der Waals surface area (Å²) in [5, 5.41) is 6.98. The van der Waals surface area contributed by atoms with Gasteiger partial charge in [0.05, 0.1) is 18.7 Å². The summed E-state index contributed by atoms with van der Waals surface area (Å²) in [7, 11) is 0. The summed E-state index contributed by atoms with van der Waals surface area (Å²) in [6.45, 7) is 7.54. The average molecular weight is 595 g/mol. The number of nitrogens with zero attached hydrogens (tertiary/aromatic N) is 2. The predicted octanol–water partition coefficient (Wildman–Crippen LogP) is 6.58. The molecule has 0 radical (unpaired) electrons. The number of fused-ring (bicyclic) bond motifs is 1. The van der Waals surface area contributed by atoms with Gasteiger partial charge in [0, 0.05) is 28.2 Å². The van der Waals surface area contributed by atoms with Crippen molar-refractivity contribution >= 4 is 34.0 Å². The van der Waals surface area contributed by atoms with Crippen molar-refractivity contribution in [1.82, 2.24) is 10.3 Å². The molecular weight excluding hydrogens is 556 g/mol. The van der Waals surface area contributed by atoms with Crippen LogP contribution in [0.25, 0.3) is 11.3 Å². The van der Waals surface area contributed by atoms with Crippen molar-refractivity contribution in [2.75, 3.05) is 36.5 Å². The van der Waals surface area contributed by atoms with Gasteiger partial charge < -0.3 is 20.3 Å². The number of nitrogens with one attached hydrogen (secondary N) is 2. The highest BCUT2D eigenvalue weighted by atomic mass is 32.1. The summed E-state index contributed by atoms with van der Waals surface area (Å²) >= 11 is 1.48. The van der Waals surface area contributed by atoms with Crippen molar-refractivity contribution in [1.29, 1.82) is 0 Å². The van der Waals surface area contributed by atoms with E-state index in [1.54, 1.807) is 0 Å². The minimum atomic E-state index is -0.105. The lowest BCUT2D eigenvalue weighted by atomic mass is 9.95. The van der Waals surface area contributed by atoms with Gasteiger partial charge in [-0.25, -0.2) is 4.98 Å². The number of aromatic nitrogens is 1. The lowest BCUT2D eigenvalue weighted by molar-refractivity contribution is -0.115. The van der Waals surface area contributed by atoms with Crippen molar-refractivity contribution in [3.8, 4) is 17.0 Å². The van der Waals surface area contributed by atoms with E-state index in [0.29, 0.717) is 18.3 Å².